The summed E-state index contributed by atoms with van der Waals surface area (Å²) < 4.78 is 0. The van der Waals surface area contributed by atoms with Crippen molar-refractivity contribution >= 4 is 0 Å². The SMILES string of the molecule is CCN1CCN(CC(O)C23CC4CC(CC(C4)C2)C3)CC1. The van der Waals surface area contributed by atoms with Gasteiger partial charge in [0.1, 0.15) is 0 Å². The predicted molar refractivity (Wildman–Crippen MR) is 85.2 cm³/mol. The zero-order valence-electron chi connectivity index (χ0n) is 13.6. The van der Waals surface area contributed by atoms with E-state index in [1.807, 2.05) is 0 Å². The van der Waals surface area contributed by atoms with Gasteiger partial charge in [0.25, 0.3) is 0 Å². The molecule has 5 rings (SSSR count). The first-order chi connectivity index (χ1) is 10.2. The van der Waals surface area contributed by atoms with E-state index in [9.17, 15) is 5.11 Å². The summed E-state index contributed by atoms with van der Waals surface area (Å²) in [6.45, 7) is 9.03. The van der Waals surface area contributed by atoms with E-state index in [0.717, 1.165) is 37.4 Å². The lowest BCUT2D eigenvalue weighted by Crippen LogP contribution is -2.56. The first kappa shape index (κ1) is 14.5. The molecule has 1 saturated heterocycles. The Hall–Kier alpha value is -0.120. The maximum absolute atomic E-state index is 11.0. The molecule has 21 heavy (non-hydrogen) atoms. The van der Waals surface area contributed by atoms with Crippen LogP contribution in [0.25, 0.3) is 0 Å². The van der Waals surface area contributed by atoms with Gasteiger partial charge >= 0.3 is 0 Å². The van der Waals surface area contributed by atoms with Gasteiger partial charge < -0.3 is 10.0 Å². The van der Waals surface area contributed by atoms with Crippen molar-refractivity contribution in [3.05, 3.63) is 0 Å². The molecule has 1 atom stereocenters. The molecule has 4 bridgehead atoms. The second-order valence-electron chi connectivity index (χ2n) is 8.53. The maximum atomic E-state index is 11.0. The number of likely N-dealkylation sites (N-methyl/N-ethyl adjacent to an activating group) is 1. The van der Waals surface area contributed by atoms with Crippen LogP contribution in [0.5, 0.6) is 0 Å². The molecule has 1 aliphatic heterocycles. The average molecular weight is 292 g/mol. The molecule has 5 fully saturated rings. The second-order valence-corrected chi connectivity index (χ2v) is 8.53. The van der Waals surface area contributed by atoms with Crippen LogP contribution < -0.4 is 0 Å². The third-order valence-corrected chi connectivity index (χ3v) is 7.14. The summed E-state index contributed by atoms with van der Waals surface area (Å²) in [5.74, 6) is 2.84. The summed E-state index contributed by atoms with van der Waals surface area (Å²) in [6.07, 6.45) is 8.34. The Morgan fingerprint density at radius 3 is 1.86 bits per heavy atom. The van der Waals surface area contributed by atoms with E-state index in [-0.39, 0.29) is 6.10 Å². The van der Waals surface area contributed by atoms with Crippen molar-refractivity contribution in [1.29, 1.82) is 0 Å². The van der Waals surface area contributed by atoms with Crippen molar-refractivity contribution in [2.45, 2.75) is 51.6 Å². The molecule has 0 amide bonds. The molecule has 120 valence electrons. The van der Waals surface area contributed by atoms with Crippen LogP contribution in [0.4, 0.5) is 0 Å². The van der Waals surface area contributed by atoms with Crippen LogP contribution in [0.2, 0.25) is 0 Å². The summed E-state index contributed by atoms with van der Waals surface area (Å²) in [7, 11) is 0. The predicted octanol–water partition coefficient (Wildman–Crippen LogP) is 2.20. The van der Waals surface area contributed by atoms with E-state index in [4.69, 9.17) is 0 Å². The summed E-state index contributed by atoms with van der Waals surface area (Å²) in [5.41, 5.74) is 0.302. The van der Waals surface area contributed by atoms with E-state index < -0.39 is 0 Å². The van der Waals surface area contributed by atoms with Crippen molar-refractivity contribution in [3.63, 3.8) is 0 Å². The van der Waals surface area contributed by atoms with Crippen molar-refractivity contribution in [3.8, 4) is 0 Å². The Labute approximate surface area is 129 Å². The largest absolute Gasteiger partial charge is 0.391 e. The normalized spacial score (nSPS) is 45.1. The molecule has 4 aliphatic carbocycles. The molecule has 0 radical (unpaired) electrons. The van der Waals surface area contributed by atoms with Gasteiger partial charge in [0.05, 0.1) is 6.10 Å². The molecule has 0 aromatic rings. The third kappa shape index (κ3) is 2.66. The minimum Gasteiger partial charge on any atom is -0.391 e. The Morgan fingerprint density at radius 2 is 1.38 bits per heavy atom. The van der Waals surface area contributed by atoms with Crippen LogP contribution in [-0.4, -0.2) is 60.3 Å². The highest BCUT2D eigenvalue weighted by molar-refractivity contribution is 5.04. The second kappa shape index (κ2) is 5.50. The fourth-order valence-electron chi connectivity index (χ4n) is 6.31. The average Bonchev–Trinajstić information content (AvgIpc) is 2.46. The van der Waals surface area contributed by atoms with Gasteiger partial charge in [-0.3, -0.25) is 4.90 Å². The van der Waals surface area contributed by atoms with E-state index >= 15 is 0 Å². The molecule has 0 aromatic carbocycles. The van der Waals surface area contributed by atoms with E-state index in [2.05, 4.69) is 16.7 Å². The fourth-order valence-corrected chi connectivity index (χ4v) is 6.31. The van der Waals surface area contributed by atoms with Crippen LogP contribution in [0.1, 0.15) is 45.4 Å². The number of rotatable bonds is 4. The standard InChI is InChI=1S/C18H32N2O/c1-2-19-3-5-20(6-4-19)13-17(21)18-10-14-7-15(11-18)9-16(8-14)12-18/h14-17,21H,2-13H2,1H3. The molecule has 3 heteroatoms. The van der Waals surface area contributed by atoms with Crippen molar-refractivity contribution in [2.24, 2.45) is 23.2 Å². The highest BCUT2D eigenvalue weighted by atomic mass is 16.3. The lowest BCUT2D eigenvalue weighted by atomic mass is 9.48. The van der Waals surface area contributed by atoms with E-state index in [0.29, 0.717) is 5.41 Å². The Morgan fingerprint density at radius 1 is 0.905 bits per heavy atom. The first-order valence-electron chi connectivity index (χ1n) is 9.29. The number of piperazine rings is 1. The van der Waals surface area contributed by atoms with Gasteiger partial charge in [-0.1, -0.05) is 6.92 Å². The van der Waals surface area contributed by atoms with Gasteiger partial charge in [0.15, 0.2) is 0 Å². The number of aliphatic hydroxyl groups is 1. The van der Waals surface area contributed by atoms with Crippen LogP contribution >= 0.6 is 0 Å². The summed E-state index contributed by atoms with van der Waals surface area (Å²) in [6, 6.07) is 0. The molecule has 1 N–H and O–H groups in total. The third-order valence-electron chi connectivity index (χ3n) is 7.14. The van der Waals surface area contributed by atoms with Crippen LogP contribution in [0, 0.1) is 23.2 Å². The van der Waals surface area contributed by atoms with Crippen molar-refractivity contribution < 1.29 is 5.11 Å². The molecule has 5 aliphatic rings. The van der Waals surface area contributed by atoms with Crippen LogP contribution in [-0.2, 0) is 0 Å². The van der Waals surface area contributed by atoms with Crippen molar-refractivity contribution in [1.82, 2.24) is 9.80 Å². The Bertz CT molecular complexity index is 340. The smallest absolute Gasteiger partial charge is 0.0723 e. The summed E-state index contributed by atoms with van der Waals surface area (Å²) >= 11 is 0. The molecule has 4 saturated carbocycles. The summed E-state index contributed by atoms with van der Waals surface area (Å²) in [5, 5.41) is 11.0. The topological polar surface area (TPSA) is 26.7 Å². The maximum Gasteiger partial charge on any atom is 0.0723 e. The van der Waals surface area contributed by atoms with Gasteiger partial charge in [-0.05, 0) is 68.2 Å². The minimum atomic E-state index is -0.0703. The van der Waals surface area contributed by atoms with Crippen LogP contribution in [0.3, 0.4) is 0 Å². The summed E-state index contributed by atoms with van der Waals surface area (Å²) in [4.78, 5) is 5.04. The van der Waals surface area contributed by atoms with Crippen molar-refractivity contribution in [2.75, 3.05) is 39.3 Å². The fraction of sp³-hybridized carbons (Fsp3) is 1.00. The highest BCUT2D eigenvalue weighted by Crippen LogP contribution is 2.61. The van der Waals surface area contributed by atoms with Crippen LogP contribution in [0.15, 0.2) is 0 Å². The Balaban J connectivity index is 1.38. The molecule has 1 unspecified atom stereocenters. The minimum absolute atomic E-state index is 0.0703. The molecule has 3 nitrogen and oxygen atoms in total. The van der Waals surface area contributed by atoms with Gasteiger partial charge in [-0.15, -0.1) is 0 Å². The Kier molecular flexibility index (Phi) is 3.79. The molecule has 0 aromatic heterocycles. The van der Waals surface area contributed by atoms with Gasteiger partial charge in [-0.2, -0.15) is 0 Å². The number of hydrogen-bond acceptors (Lipinski definition) is 3. The van der Waals surface area contributed by atoms with E-state index in [1.54, 1.807) is 0 Å². The molecule has 1 heterocycles. The molecular weight excluding hydrogens is 260 g/mol. The quantitative estimate of drug-likeness (QED) is 0.860. The molecular formula is C18H32N2O. The van der Waals surface area contributed by atoms with Gasteiger partial charge in [-0.25, -0.2) is 0 Å². The number of nitrogens with zero attached hydrogens (tertiary/aromatic N) is 2. The zero-order valence-corrected chi connectivity index (χ0v) is 13.6. The number of hydrogen-bond donors (Lipinski definition) is 1. The lowest BCUT2D eigenvalue weighted by molar-refractivity contribution is -0.128. The number of aliphatic hydroxyl groups excluding tert-OH is 1. The highest BCUT2D eigenvalue weighted by Gasteiger charge is 2.54. The monoisotopic (exact) mass is 292 g/mol. The van der Waals surface area contributed by atoms with Gasteiger partial charge in [0, 0.05) is 32.7 Å². The van der Waals surface area contributed by atoms with Gasteiger partial charge in [0.2, 0.25) is 0 Å². The molecule has 0 spiro atoms. The first-order valence-corrected chi connectivity index (χ1v) is 9.29. The van der Waals surface area contributed by atoms with E-state index in [1.165, 1.54) is 58.2 Å². The number of β-amino-alcohol motifs (C(OH)–C–C–N with tert-alkyl or cyclic N) is 1. The lowest BCUT2D eigenvalue weighted by Gasteiger charge is -2.59. The zero-order chi connectivity index (χ0) is 14.4.